The average Bonchev–Trinajstić information content (AvgIpc) is 1.51. The van der Waals surface area contributed by atoms with Gasteiger partial charge in [0, 0.05) is 60.6 Å². The van der Waals surface area contributed by atoms with Gasteiger partial charge in [-0.05, 0) is 137 Å². The van der Waals surface area contributed by atoms with Crippen LogP contribution < -0.4 is 64.9 Å². The van der Waals surface area contributed by atoms with Crippen LogP contribution in [0.1, 0.15) is 162 Å². The number of halogens is 1. The first kappa shape index (κ1) is 89.3. The van der Waals surface area contributed by atoms with Crippen LogP contribution in [0.2, 0.25) is 0 Å². The molecule has 0 fully saturated rings. The van der Waals surface area contributed by atoms with E-state index >= 15 is 4.39 Å². The van der Waals surface area contributed by atoms with Crippen molar-refractivity contribution in [3.8, 4) is 23.2 Å². The second kappa shape index (κ2) is 45.0. The highest BCUT2D eigenvalue weighted by molar-refractivity contribution is 5.99. The summed E-state index contributed by atoms with van der Waals surface area (Å²) in [5, 5.41) is 45.4. The third-order valence-electron chi connectivity index (χ3n) is 19.7. The number of urea groups is 1. The summed E-state index contributed by atoms with van der Waals surface area (Å²) in [6.45, 7) is 7.20. The van der Waals surface area contributed by atoms with Gasteiger partial charge in [-0.1, -0.05) is 45.2 Å². The van der Waals surface area contributed by atoms with E-state index in [1.165, 1.54) is 22.8 Å². The average molecular weight is 1600 g/mol. The van der Waals surface area contributed by atoms with Gasteiger partial charge in [-0.25, -0.2) is 23.8 Å². The molecule has 4 aromatic rings. The molecule has 4 aliphatic rings. The van der Waals surface area contributed by atoms with Gasteiger partial charge in [0.1, 0.15) is 69.2 Å². The number of esters is 1. The molecule has 622 valence electrons. The van der Waals surface area contributed by atoms with Gasteiger partial charge in [0.25, 0.3) is 5.56 Å². The van der Waals surface area contributed by atoms with Crippen molar-refractivity contribution in [2.75, 3.05) is 97.8 Å². The number of carboxylic acid groups (broad SMARTS) is 1. The Balaban J connectivity index is 0.755. The number of ether oxygens (including phenoxy) is 8. The molecule has 2 aliphatic heterocycles. The Hall–Kier alpha value is -10.3. The molecule has 2 aromatic carbocycles. The monoisotopic (exact) mass is 1600 g/mol. The van der Waals surface area contributed by atoms with E-state index in [0.29, 0.717) is 109 Å². The van der Waals surface area contributed by atoms with Crippen molar-refractivity contribution < 1.29 is 105 Å². The summed E-state index contributed by atoms with van der Waals surface area (Å²) in [5.41, 5.74) is 12.7. The summed E-state index contributed by atoms with van der Waals surface area (Å²) in [7, 11) is 0. The lowest BCUT2D eigenvalue weighted by Crippen LogP contribution is -2.58. The Labute approximate surface area is 658 Å². The number of benzene rings is 2. The van der Waals surface area contributed by atoms with Gasteiger partial charge < -0.3 is 112 Å². The molecule has 0 saturated carbocycles. The van der Waals surface area contributed by atoms with Crippen LogP contribution in [0, 0.1) is 30.5 Å². The van der Waals surface area contributed by atoms with Crippen molar-refractivity contribution in [2.24, 2.45) is 17.4 Å². The van der Waals surface area contributed by atoms with E-state index in [0.717, 1.165) is 32.1 Å². The molecule has 10 amide bonds. The lowest BCUT2D eigenvalue weighted by Gasteiger charge is -2.31. The molecule has 36 heteroatoms. The number of carbonyl (C=O) groups excluding carboxylic acids is 10. The Kier molecular flexibility index (Phi) is 35.2. The number of pyridine rings is 2. The highest BCUT2D eigenvalue weighted by Crippen LogP contribution is 2.46. The number of nitrogens with zero attached hydrogens (tertiary/aromatic N) is 2. The lowest BCUT2D eigenvalue weighted by molar-refractivity contribution is -0.172. The minimum absolute atomic E-state index is 0.0280. The van der Waals surface area contributed by atoms with Crippen molar-refractivity contribution >= 4 is 82.0 Å². The predicted molar refractivity (Wildman–Crippen MR) is 408 cm³/mol. The van der Waals surface area contributed by atoms with E-state index in [9.17, 15) is 67.7 Å². The number of nitrogens with two attached hydrogens (primary N) is 2. The number of aryl methyl sites for hydroxylation is 1. The number of aliphatic carboxylic acids is 1. The number of cyclic esters (lactones) is 1. The third kappa shape index (κ3) is 26.1. The van der Waals surface area contributed by atoms with Crippen LogP contribution >= 0.6 is 0 Å². The topological polar surface area (TPSA) is 497 Å². The molecule has 1 unspecified atom stereocenters. The van der Waals surface area contributed by atoms with Crippen LogP contribution in [0.3, 0.4) is 0 Å². The lowest BCUT2D eigenvalue weighted by atomic mass is 9.81. The number of aromatic nitrogens is 2. The number of anilines is 1. The third-order valence-corrected chi connectivity index (χ3v) is 19.7. The first-order chi connectivity index (χ1) is 54.8. The van der Waals surface area contributed by atoms with Gasteiger partial charge in [-0.15, -0.1) is 5.92 Å². The number of unbranched alkanes of at least 4 members (excludes halogenated alkanes) is 1. The van der Waals surface area contributed by atoms with Crippen LogP contribution in [-0.4, -0.2) is 208 Å². The first-order valence-electron chi connectivity index (χ1n) is 38.6. The molecule has 8 rings (SSSR count). The maximum Gasteiger partial charge on any atom is 0.408 e. The fourth-order valence-corrected chi connectivity index (χ4v) is 13.5. The first-order valence-corrected chi connectivity index (χ1v) is 38.6. The fourth-order valence-electron chi connectivity index (χ4n) is 13.5. The second-order valence-corrected chi connectivity index (χ2v) is 28.3. The highest BCUT2D eigenvalue weighted by Gasteiger charge is 2.46. The van der Waals surface area contributed by atoms with Gasteiger partial charge in [0.2, 0.25) is 41.4 Å². The molecule has 0 radical (unpaired) electrons. The van der Waals surface area contributed by atoms with E-state index in [1.54, 1.807) is 45.9 Å². The van der Waals surface area contributed by atoms with Crippen LogP contribution in [0.25, 0.3) is 22.3 Å². The zero-order chi connectivity index (χ0) is 82.3. The van der Waals surface area contributed by atoms with Crippen molar-refractivity contribution in [1.29, 1.82) is 0 Å². The minimum Gasteiger partial charge on any atom is -0.481 e. The highest BCUT2D eigenvalue weighted by atomic mass is 19.1. The summed E-state index contributed by atoms with van der Waals surface area (Å²) in [6, 6.07) is 2.37. The molecule has 0 spiro atoms. The van der Waals surface area contributed by atoms with E-state index in [-0.39, 0.29) is 133 Å². The van der Waals surface area contributed by atoms with Gasteiger partial charge in [0.05, 0.1) is 87.9 Å². The summed E-state index contributed by atoms with van der Waals surface area (Å²) in [5.74, 6) is -1.53. The Morgan fingerprint density at radius 2 is 1.43 bits per heavy atom. The summed E-state index contributed by atoms with van der Waals surface area (Å²) < 4.78 is 61.0. The molecule has 15 N–H and O–H groups in total. The SMILES string of the molecule is CC[C@@]1(O)C(=O)OCc2c1cc1n(c2=O)Cc2c-1nc1cc(F)c(C)c3c1c2[C@@H](NC(=O)COCNC(=O)[C@H](CCCCN)NC(=O)OCc1ccc(NC(=O)[C@H](CCCNC(N)=O)NC(=O)[C@@H](NC(=O)[C@H](CCC(=O)O)NC(=O)CCOCCOCCOCCOCCNC(=O)COC2C#CCCCCC2)C(C)C)cc1)CC3. The standard InChI is InChI=1S/C78H106FN13O22/c1-5-78(106)54-38-61-69-52(40-92(61)74(102)53(54)42-113-75(78)103)67-56(23-22-51-47(4)55(79)39-60(88-69)66(51)67)86-64(95)43-111-45-84-70(98)57(16-11-12-27-80)90-77(105)114-41-48-18-20-49(21-19-48)85-71(99)58(17-13-28-83-76(81)104)89-73(101)68(46(2)3)91-72(100)59(24-25-65(96)97)87-62(93)26-30-107-32-34-109-36-37-110-35-33-108-31-29-82-63(94)44-112-50-14-9-7-6-8-10-15-50/h18-21,38-39,46,50,56-59,68,106H,5-9,11-14,16-17,22-37,40-45,80H2,1-4H3,(H,82,94)(H,84,98)(H,85,99)(H,86,95)(H,87,93)(H,89,101)(H,90,105)(H,91,100)(H,96,97)(H3,81,83,104)/t50?,56-,57-,58-,59-,68-,78-/m0/s1. The quantitative estimate of drug-likeness (QED) is 0.0115. The number of hydrogen-bond acceptors (Lipinski definition) is 23. The van der Waals surface area contributed by atoms with Crippen LogP contribution in [0.5, 0.6) is 0 Å². The number of primary amides is 1. The number of aliphatic hydroxyl groups is 1. The molecular formula is C78H106FN13O22. The van der Waals surface area contributed by atoms with Gasteiger partial charge in [0.15, 0.2) is 5.60 Å². The number of rotatable bonds is 47. The van der Waals surface area contributed by atoms with E-state index in [2.05, 4.69) is 59.7 Å². The fraction of sp³-hybridized carbons (Fsp3) is 0.577. The Morgan fingerprint density at radius 1 is 0.728 bits per heavy atom. The zero-order valence-corrected chi connectivity index (χ0v) is 64.8. The van der Waals surface area contributed by atoms with Crippen LogP contribution in [-0.2, 0) is 113 Å². The van der Waals surface area contributed by atoms with Gasteiger partial charge >= 0.3 is 24.1 Å². The van der Waals surface area contributed by atoms with E-state index in [1.807, 2.05) is 0 Å². The van der Waals surface area contributed by atoms with E-state index in [4.69, 9.17) is 54.3 Å². The van der Waals surface area contributed by atoms with Crippen molar-refractivity contribution in [3.05, 3.63) is 91.5 Å². The van der Waals surface area contributed by atoms with Crippen molar-refractivity contribution in [2.45, 2.75) is 192 Å². The summed E-state index contributed by atoms with van der Waals surface area (Å²) >= 11 is 0. The van der Waals surface area contributed by atoms with Crippen molar-refractivity contribution in [3.63, 3.8) is 0 Å². The number of hydrogen-bond donors (Lipinski definition) is 13. The molecule has 35 nitrogen and oxygen atoms in total. The predicted octanol–water partition coefficient (Wildman–Crippen LogP) is 2.43. The number of alkyl carbamates (subject to hydrolysis) is 1. The minimum atomic E-state index is -2.08. The Morgan fingerprint density at radius 3 is 2.13 bits per heavy atom. The second-order valence-electron chi connectivity index (χ2n) is 28.3. The maximum absolute atomic E-state index is 15.5. The Bertz CT molecular complexity index is 4190. The molecule has 2 aliphatic carbocycles. The van der Waals surface area contributed by atoms with E-state index < -0.39 is 132 Å². The molecular weight excluding hydrogens is 1490 g/mol. The molecule has 2 aromatic heterocycles. The molecule has 114 heavy (non-hydrogen) atoms. The molecule has 0 bridgehead atoms. The maximum atomic E-state index is 15.5. The molecule has 4 heterocycles. The van der Waals surface area contributed by atoms with Crippen LogP contribution in [0.15, 0.2) is 41.2 Å². The van der Waals surface area contributed by atoms with Crippen molar-refractivity contribution in [1.82, 2.24) is 52.1 Å². The van der Waals surface area contributed by atoms with Gasteiger partial charge in [-0.3, -0.25) is 43.2 Å². The van der Waals surface area contributed by atoms with Gasteiger partial charge in [-0.2, -0.15) is 0 Å². The smallest absolute Gasteiger partial charge is 0.408 e. The number of amides is 10. The largest absolute Gasteiger partial charge is 0.481 e. The van der Waals surface area contributed by atoms with Crippen LogP contribution in [0.4, 0.5) is 19.7 Å². The summed E-state index contributed by atoms with van der Waals surface area (Å²) in [4.78, 5) is 163. The number of carbonyl (C=O) groups is 11. The number of carboxylic acids is 1. The zero-order valence-electron chi connectivity index (χ0n) is 64.8. The normalized spacial score (nSPS) is 16.9. The molecule has 7 atom stereocenters. The summed E-state index contributed by atoms with van der Waals surface area (Å²) in [6.07, 6.45) is 4.51. The molecule has 0 saturated heterocycles. The number of fused-ring (bicyclic) bond motifs is 5. The number of nitrogens with one attached hydrogen (secondary N) is 9.